The van der Waals surface area contributed by atoms with Crippen LogP contribution < -0.4 is 5.32 Å². The first-order valence-corrected chi connectivity index (χ1v) is 5.62. The maximum Gasteiger partial charge on any atom is 0.419 e. The molecule has 1 unspecified atom stereocenters. The van der Waals surface area contributed by atoms with Crippen molar-refractivity contribution in [2.24, 2.45) is 0 Å². The zero-order chi connectivity index (χ0) is 13.1. The third kappa shape index (κ3) is 4.16. The van der Waals surface area contributed by atoms with Crippen LogP contribution in [0.2, 0.25) is 0 Å². The first-order chi connectivity index (χ1) is 7.84. The molecule has 0 bridgehead atoms. The molecule has 7 heteroatoms. The van der Waals surface area contributed by atoms with Crippen LogP contribution in [0.3, 0.4) is 0 Å². The quantitative estimate of drug-likeness (QED) is 0.926. The Balaban J connectivity index is 2.99. The number of aromatic nitrogens is 1. The van der Waals surface area contributed by atoms with Crippen molar-refractivity contribution in [1.29, 1.82) is 0 Å². The SMILES string of the molecule is COCC(C)Nc1ncc(Br)cc1C(F)(F)F. The molecule has 1 atom stereocenters. The fourth-order valence-corrected chi connectivity index (χ4v) is 1.63. The molecule has 0 aliphatic rings. The molecule has 1 aromatic rings. The monoisotopic (exact) mass is 312 g/mol. The van der Waals surface area contributed by atoms with Gasteiger partial charge in [0.2, 0.25) is 0 Å². The number of pyridine rings is 1. The number of rotatable bonds is 4. The van der Waals surface area contributed by atoms with E-state index in [0.717, 1.165) is 6.07 Å². The second-order valence-corrected chi connectivity index (χ2v) is 4.46. The molecule has 0 aliphatic heterocycles. The lowest BCUT2D eigenvalue weighted by atomic mass is 10.2. The molecular formula is C10H12BrF3N2O. The maximum absolute atomic E-state index is 12.7. The van der Waals surface area contributed by atoms with Crippen molar-refractivity contribution in [3.8, 4) is 0 Å². The van der Waals surface area contributed by atoms with E-state index in [1.807, 2.05) is 0 Å². The Kier molecular flexibility index (Phi) is 4.76. The van der Waals surface area contributed by atoms with Crippen LogP contribution in [0, 0.1) is 0 Å². The summed E-state index contributed by atoms with van der Waals surface area (Å²) in [5, 5.41) is 2.67. The van der Waals surface area contributed by atoms with Gasteiger partial charge in [-0.1, -0.05) is 0 Å². The number of alkyl halides is 3. The molecule has 1 aromatic heterocycles. The number of nitrogens with zero attached hydrogens (tertiary/aromatic N) is 1. The third-order valence-electron chi connectivity index (χ3n) is 1.96. The highest BCUT2D eigenvalue weighted by molar-refractivity contribution is 9.10. The van der Waals surface area contributed by atoms with E-state index in [2.05, 4.69) is 26.2 Å². The first kappa shape index (κ1) is 14.2. The van der Waals surface area contributed by atoms with Crippen molar-refractivity contribution in [2.45, 2.75) is 19.1 Å². The normalized spacial score (nSPS) is 13.5. The summed E-state index contributed by atoms with van der Waals surface area (Å²) in [6, 6.07) is 0.740. The molecule has 3 nitrogen and oxygen atoms in total. The Bertz CT molecular complexity index is 384. The number of hydrogen-bond donors (Lipinski definition) is 1. The Morgan fingerprint density at radius 3 is 2.71 bits per heavy atom. The molecule has 1 rings (SSSR count). The smallest absolute Gasteiger partial charge is 0.383 e. The molecule has 0 aliphatic carbocycles. The number of hydrogen-bond acceptors (Lipinski definition) is 3. The summed E-state index contributed by atoms with van der Waals surface area (Å²) >= 11 is 2.97. The van der Waals surface area contributed by atoms with Gasteiger partial charge >= 0.3 is 6.18 Å². The molecule has 17 heavy (non-hydrogen) atoms. The van der Waals surface area contributed by atoms with E-state index in [4.69, 9.17) is 4.74 Å². The number of halogens is 4. The van der Waals surface area contributed by atoms with Gasteiger partial charge < -0.3 is 10.1 Å². The Morgan fingerprint density at radius 2 is 2.18 bits per heavy atom. The highest BCUT2D eigenvalue weighted by atomic mass is 79.9. The average Bonchev–Trinajstić information content (AvgIpc) is 2.19. The van der Waals surface area contributed by atoms with Crippen LogP contribution in [0.4, 0.5) is 19.0 Å². The van der Waals surface area contributed by atoms with Crippen molar-refractivity contribution < 1.29 is 17.9 Å². The van der Waals surface area contributed by atoms with Gasteiger partial charge in [-0.15, -0.1) is 0 Å². The van der Waals surface area contributed by atoms with Crippen LogP contribution in [0.1, 0.15) is 12.5 Å². The van der Waals surface area contributed by atoms with E-state index in [0.29, 0.717) is 6.61 Å². The molecule has 96 valence electrons. The van der Waals surface area contributed by atoms with Crippen molar-refractivity contribution in [1.82, 2.24) is 4.98 Å². The van der Waals surface area contributed by atoms with Gasteiger partial charge in [0.15, 0.2) is 0 Å². The van der Waals surface area contributed by atoms with Crippen LogP contribution in [-0.2, 0) is 10.9 Å². The van der Waals surface area contributed by atoms with Crippen molar-refractivity contribution in [3.63, 3.8) is 0 Å². The van der Waals surface area contributed by atoms with E-state index in [1.165, 1.54) is 13.3 Å². The fraction of sp³-hybridized carbons (Fsp3) is 0.500. The van der Waals surface area contributed by atoms with Crippen molar-refractivity contribution in [2.75, 3.05) is 19.0 Å². The summed E-state index contributed by atoms with van der Waals surface area (Å²) in [7, 11) is 1.48. The number of ether oxygens (including phenoxy) is 1. The van der Waals surface area contributed by atoms with Gasteiger partial charge in [0.25, 0.3) is 0 Å². The first-order valence-electron chi connectivity index (χ1n) is 4.82. The molecule has 0 aromatic carbocycles. The lowest BCUT2D eigenvalue weighted by Crippen LogP contribution is -2.23. The van der Waals surface area contributed by atoms with Gasteiger partial charge in [0.1, 0.15) is 5.82 Å². The summed E-state index contributed by atoms with van der Waals surface area (Å²) in [5.74, 6) is -0.190. The number of methoxy groups -OCH3 is 1. The lowest BCUT2D eigenvalue weighted by Gasteiger charge is -2.17. The fourth-order valence-electron chi connectivity index (χ4n) is 1.30. The maximum atomic E-state index is 12.7. The predicted octanol–water partition coefficient (Wildman–Crippen LogP) is 3.31. The minimum atomic E-state index is -4.44. The highest BCUT2D eigenvalue weighted by Gasteiger charge is 2.34. The largest absolute Gasteiger partial charge is 0.419 e. The minimum Gasteiger partial charge on any atom is -0.383 e. The van der Waals surface area contributed by atoms with Gasteiger partial charge in [-0.2, -0.15) is 13.2 Å². The van der Waals surface area contributed by atoms with Gasteiger partial charge in [-0.05, 0) is 28.9 Å². The van der Waals surface area contributed by atoms with Crippen molar-refractivity contribution >= 4 is 21.7 Å². The standard InChI is InChI=1S/C10H12BrF3N2O/c1-6(5-17-2)16-9-8(10(12,13)14)3-7(11)4-15-9/h3-4,6H,5H2,1-2H3,(H,15,16). The Morgan fingerprint density at radius 1 is 1.53 bits per heavy atom. The van der Waals surface area contributed by atoms with Gasteiger partial charge in [0.05, 0.1) is 12.2 Å². The van der Waals surface area contributed by atoms with E-state index in [-0.39, 0.29) is 16.3 Å². The molecular weight excluding hydrogens is 301 g/mol. The molecule has 0 radical (unpaired) electrons. The van der Waals surface area contributed by atoms with Crippen LogP contribution >= 0.6 is 15.9 Å². The van der Waals surface area contributed by atoms with Crippen LogP contribution in [0.25, 0.3) is 0 Å². The second kappa shape index (κ2) is 5.68. The summed E-state index contributed by atoms with van der Waals surface area (Å²) in [6.45, 7) is 2.02. The summed E-state index contributed by atoms with van der Waals surface area (Å²) in [4.78, 5) is 3.73. The molecule has 1 N–H and O–H groups in total. The predicted molar refractivity (Wildman–Crippen MR) is 61.9 cm³/mol. The summed E-state index contributed by atoms with van der Waals surface area (Å²) in [6.07, 6.45) is -3.12. The Labute approximate surface area is 106 Å². The van der Waals surface area contributed by atoms with Gasteiger partial charge in [-0.3, -0.25) is 0 Å². The average molecular weight is 313 g/mol. The summed E-state index contributed by atoms with van der Waals surface area (Å²) < 4.78 is 43.3. The molecule has 0 saturated carbocycles. The van der Waals surface area contributed by atoms with E-state index in [9.17, 15) is 13.2 Å². The van der Waals surface area contributed by atoms with Gasteiger partial charge in [-0.25, -0.2) is 4.98 Å². The van der Waals surface area contributed by atoms with Crippen molar-refractivity contribution in [3.05, 3.63) is 22.3 Å². The highest BCUT2D eigenvalue weighted by Crippen LogP contribution is 2.35. The number of anilines is 1. The Hall–Kier alpha value is -0.820. The topological polar surface area (TPSA) is 34.1 Å². The zero-order valence-electron chi connectivity index (χ0n) is 9.31. The molecule has 1 heterocycles. The molecule has 0 saturated heterocycles. The molecule has 0 amide bonds. The lowest BCUT2D eigenvalue weighted by molar-refractivity contribution is -0.137. The molecule has 0 spiro atoms. The molecule has 0 fully saturated rings. The van der Waals surface area contributed by atoms with E-state index in [1.54, 1.807) is 6.92 Å². The van der Waals surface area contributed by atoms with E-state index < -0.39 is 11.7 Å². The second-order valence-electron chi connectivity index (χ2n) is 3.55. The van der Waals surface area contributed by atoms with Gasteiger partial charge in [0, 0.05) is 23.8 Å². The van der Waals surface area contributed by atoms with Crippen LogP contribution in [0.15, 0.2) is 16.7 Å². The third-order valence-corrected chi connectivity index (χ3v) is 2.39. The minimum absolute atomic E-state index is 0.190. The van der Waals surface area contributed by atoms with E-state index >= 15 is 0 Å². The van der Waals surface area contributed by atoms with Crippen LogP contribution in [-0.4, -0.2) is 24.7 Å². The number of nitrogens with one attached hydrogen (secondary N) is 1. The van der Waals surface area contributed by atoms with Crippen LogP contribution in [0.5, 0.6) is 0 Å². The zero-order valence-corrected chi connectivity index (χ0v) is 10.9. The summed E-state index contributed by atoms with van der Waals surface area (Å²) in [5.41, 5.74) is -0.796.